The second-order valence-electron chi connectivity index (χ2n) is 8.28. The lowest BCUT2D eigenvalue weighted by Gasteiger charge is -2.30. The molecule has 1 aliphatic rings. The predicted octanol–water partition coefficient (Wildman–Crippen LogP) is 3.61. The van der Waals surface area contributed by atoms with Crippen LogP contribution in [0.4, 0.5) is 0 Å². The molecule has 2 heterocycles. The second-order valence-corrected chi connectivity index (χ2v) is 10.2. The number of aromatic nitrogens is 2. The summed E-state index contributed by atoms with van der Waals surface area (Å²) in [7, 11) is -3.61. The topological polar surface area (TPSA) is 105 Å². The molecule has 3 aromatic carbocycles. The number of rotatable bonds is 6. The monoisotopic (exact) mass is 476 g/mol. The number of hydrogen-bond donors (Lipinski definition) is 1. The number of sulfonamides is 1. The van der Waals surface area contributed by atoms with Crippen molar-refractivity contribution in [2.45, 2.75) is 24.3 Å². The van der Waals surface area contributed by atoms with E-state index in [0.29, 0.717) is 37.6 Å². The smallest absolute Gasteiger partial charge is 0.246 e. The predicted molar refractivity (Wildman–Crippen MR) is 127 cm³/mol. The Labute approximate surface area is 197 Å². The normalized spacial score (nSPS) is 15.4. The molecule has 1 N–H and O–H groups in total. The van der Waals surface area contributed by atoms with Gasteiger partial charge in [0.25, 0.3) is 0 Å². The van der Waals surface area contributed by atoms with Crippen LogP contribution in [-0.2, 0) is 21.4 Å². The van der Waals surface area contributed by atoms with Gasteiger partial charge in [0.05, 0.1) is 11.4 Å². The van der Waals surface area contributed by atoms with Gasteiger partial charge in [0.15, 0.2) is 0 Å². The fraction of sp³-hybridized carbons (Fsp3) is 0.240. The van der Waals surface area contributed by atoms with E-state index in [-0.39, 0.29) is 23.3 Å². The number of benzene rings is 3. The van der Waals surface area contributed by atoms with E-state index in [2.05, 4.69) is 15.5 Å². The van der Waals surface area contributed by atoms with Crippen molar-refractivity contribution in [1.82, 2.24) is 19.8 Å². The summed E-state index contributed by atoms with van der Waals surface area (Å²) in [4.78, 5) is 17.2. The Morgan fingerprint density at radius 2 is 1.68 bits per heavy atom. The third kappa shape index (κ3) is 4.57. The van der Waals surface area contributed by atoms with E-state index >= 15 is 0 Å². The minimum Gasteiger partial charge on any atom is -0.347 e. The summed E-state index contributed by atoms with van der Waals surface area (Å²) in [5.41, 5.74) is 0.837. The maximum atomic E-state index is 13.1. The van der Waals surface area contributed by atoms with Crippen molar-refractivity contribution in [2.75, 3.05) is 13.1 Å². The molecule has 0 atom stereocenters. The van der Waals surface area contributed by atoms with Crippen molar-refractivity contribution in [3.05, 3.63) is 78.7 Å². The number of piperidine rings is 1. The van der Waals surface area contributed by atoms with Crippen molar-refractivity contribution < 1.29 is 17.7 Å². The SMILES string of the molecule is O=C(NCc1nc(-c2ccccc2)no1)C1CCN(S(=O)(=O)c2ccc3ccccc3c2)CC1. The second kappa shape index (κ2) is 9.36. The van der Waals surface area contributed by atoms with Crippen molar-refractivity contribution >= 4 is 26.7 Å². The van der Waals surface area contributed by atoms with Gasteiger partial charge < -0.3 is 9.84 Å². The quantitative estimate of drug-likeness (QED) is 0.456. The molecule has 1 saturated heterocycles. The molecule has 0 bridgehead atoms. The third-order valence-corrected chi connectivity index (χ3v) is 7.99. The van der Waals surface area contributed by atoms with Gasteiger partial charge in [-0.2, -0.15) is 9.29 Å². The summed E-state index contributed by atoms with van der Waals surface area (Å²) >= 11 is 0. The maximum absolute atomic E-state index is 13.1. The number of carbonyl (C=O) groups is 1. The summed E-state index contributed by atoms with van der Waals surface area (Å²) in [6.07, 6.45) is 0.912. The summed E-state index contributed by atoms with van der Waals surface area (Å²) in [5.74, 6) is 0.391. The zero-order chi connectivity index (χ0) is 23.5. The molecular formula is C25H24N4O4S. The van der Waals surface area contributed by atoms with Crippen LogP contribution in [0.25, 0.3) is 22.2 Å². The molecule has 8 nitrogen and oxygen atoms in total. The molecule has 1 amide bonds. The number of nitrogens with zero attached hydrogens (tertiary/aromatic N) is 3. The summed E-state index contributed by atoms with van der Waals surface area (Å²) in [6, 6.07) is 22.3. The average molecular weight is 477 g/mol. The van der Waals surface area contributed by atoms with Gasteiger partial charge in [0, 0.05) is 24.6 Å². The minimum atomic E-state index is -3.61. The third-order valence-electron chi connectivity index (χ3n) is 6.10. The van der Waals surface area contributed by atoms with Crippen LogP contribution in [0.3, 0.4) is 0 Å². The van der Waals surface area contributed by atoms with E-state index in [1.54, 1.807) is 12.1 Å². The first kappa shape index (κ1) is 22.2. The lowest BCUT2D eigenvalue weighted by molar-refractivity contribution is -0.126. The number of carbonyl (C=O) groups excluding carboxylic acids is 1. The Morgan fingerprint density at radius 1 is 0.971 bits per heavy atom. The fourth-order valence-corrected chi connectivity index (χ4v) is 5.68. The van der Waals surface area contributed by atoms with E-state index in [4.69, 9.17) is 4.52 Å². The molecule has 9 heteroatoms. The first-order chi connectivity index (χ1) is 16.5. The molecule has 1 aromatic heterocycles. The number of nitrogens with one attached hydrogen (secondary N) is 1. The molecule has 174 valence electrons. The zero-order valence-corrected chi connectivity index (χ0v) is 19.2. The molecule has 5 rings (SSSR count). The average Bonchev–Trinajstić information content (AvgIpc) is 3.37. The van der Waals surface area contributed by atoms with Crippen LogP contribution in [0.2, 0.25) is 0 Å². The van der Waals surface area contributed by atoms with E-state index < -0.39 is 10.0 Å². The fourth-order valence-electron chi connectivity index (χ4n) is 4.17. The van der Waals surface area contributed by atoms with Gasteiger partial charge in [-0.15, -0.1) is 0 Å². The van der Waals surface area contributed by atoms with E-state index in [0.717, 1.165) is 16.3 Å². The van der Waals surface area contributed by atoms with Gasteiger partial charge in [0.1, 0.15) is 0 Å². The molecule has 1 aliphatic heterocycles. The van der Waals surface area contributed by atoms with Crippen LogP contribution in [0, 0.1) is 5.92 Å². The van der Waals surface area contributed by atoms with E-state index in [1.807, 2.05) is 60.7 Å². The van der Waals surface area contributed by atoms with Crippen molar-refractivity contribution in [3.8, 4) is 11.4 Å². The maximum Gasteiger partial charge on any atom is 0.246 e. The Kier molecular flexibility index (Phi) is 6.12. The molecule has 1 fully saturated rings. The summed E-state index contributed by atoms with van der Waals surface area (Å²) in [5, 5.41) is 8.66. The van der Waals surface area contributed by atoms with Gasteiger partial charge in [-0.3, -0.25) is 4.79 Å². The number of amides is 1. The highest BCUT2D eigenvalue weighted by Crippen LogP contribution is 2.26. The van der Waals surface area contributed by atoms with Crippen LogP contribution in [-0.4, -0.2) is 41.9 Å². The van der Waals surface area contributed by atoms with Crippen molar-refractivity contribution in [1.29, 1.82) is 0 Å². The van der Waals surface area contributed by atoms with Crippen LogP contribution < -0.4 is 5.32 Å². The Balaban J connectivity index is 1.17. The number of hydrogen-bond acceptors (Lipinski definition) is 6. The van der Waals surface area contributed by atoms with E-state index in [9.17, 15) is 13.2 Å². The Hall–Kier alpha value is -3.56. The molecule has 0 aliphatic carbocycles. The zero-order valence-electron chi connectivity index (χ0n) is 18.4. The van der Waals surface area contributed by atoms with Gasteiger partial charge in [-0.05, 0) is 35.7 Å². The van der Waals surface area contributed by atoms with Crippen molar-refractivity contribution in [3.63, 3.8) is 0 Å². The minimum absolute atomic E-state index is 0.133. The van der Waals surface area contributed by atoms with Crippen LogP contribution in [0.5, 0.6) is 0 Å². The standard InChI is InChI=1S/C25H24N4O4S/c30-25(26-17-23-27-24(28-33-23)19-7-2-1-3-8-19)20-12-14-29(15-13-20)34(31,32)22-11-10-18-6-4-5-9-21(18)16-22/h1-11,16,20H,12-15,17H2,(H,26,30). The van der Waals surface area contributed by atoms with Crippen LogP contribution >= 0.6 is 0 Å². The highest BCUT2D eigenvalue weighted by Gasteiger charge is 2.32. The molecule has 0 unspecified atom stereocenters. The molecule has 4 aromatic rings. The Bertz CT molecular complexity index is 1410. The van der Waals surface area contributed by atoms with Gasteiger partial charge >= 0.3 is 0 Å². The highest BCUT2D eigenvalue weighted by molar-refractivity contribution is 7.89. The lowest BCUT2D eigenvalue weighted by Crippen LogP contribution is -2.42. The lowest BCUT2D eigenvalue weighted by atomic mass is 9.97. The highest BCUT2D eigenvalue weighted by atomic mass is 32.2. The number of fused-ring (bicyclic) bond motifs is 1. The van der Waals surface area contributed by atoms with E-state index in [1.165, 1.54) is 4.31 Å². The summed E-state index contributed by atoms with van der Waals surface area (Å²) < 4.78 is 33.0. The molecule has 0 radical (unpaired) electrons. The molecule has 0 spiro atoms. The van der Waals surface area contributed by atoms with Crippen molar-refractivity contribution in [2.24, 2.45) is 5.92 Å². The molecule has 34 heavy (non-hydrogen) atoms. The largest absolute Gasteiger partial charge is 0.347 e. The first-order valence-electron chi connectivity index (χ1n) is 11.2. The van der Waals surface area contributed by atoms with Crippen LogP contribution in [0.15, 0.2) is 82.2 Å². The molecule has 0 saturated carbocycles. The van der Waals surface area contributed by atoms with Crippen LogP contribution in [0.1, 0.15) is 18.7 Å². The van der Waals surface area contributed by atoms with Gasteiger partial charge in [-0.1, -0.05) is 65.8 Å². The van der Waals surface area contributed by atoms with Gasteiger partial charge in [0.2, 0.25) is 27.6 Å². The molecular weight excluding hydrogens is 452 g/mol. The Morgan fingerprint density at radius 3 is 2.44 bits per heavy atom. The van der Waals surface area contributed by atoms with Gasteiger partial charge in [-0.25, -0.2) is 8.42 Å². The first-order valence-corrected chi connectivity index (χ1v) is 12.6. The summed E-state index contributed by atoms with van der Waals surface area (Å²) in [6.45, 7) is 0.728.